The average Bonchev–Trinajstić information content (AvgIpc) is 2.60. The fourth-order valence-electron chi connectivity index (χ4n) is 3.21. The Morgan fingerprint density at radius 1 is 0.962 bits per heavy atom. The van der Waals surface area contributed by atoms with Gasteiger partial charge in [0, 0.05) is 6.92 Å². The van der Waals surface area contributed by atoms with Gasteiger partial charge in [0.2, 0.25) is 5.91 Å². The molecule has 11 nitrogen and oxygen atoms in total. The van der Waals surface area contributed by atoms with Gasteiger partial charge >= 0.3 is 0 Å². The number of ether oxygens (including phenoxy) is 3. The Morgan fingerprint density at radius 2 is 1.50 bits per heavy atom. The van der Waals surface area contributed by atoms with Crippen LogP contribution >= 0.6 is 0 Å². The molecule has 0 saturated carbocycles. The maximum atomic E-state index is 11.4. The maximum Gasteiger partial charge on any atom is 0.217 e. The molecule has 0 aliphatic carbocycles. The van der Waals surface area contributed by atoms with Crippen molar-refractivity contribution >= 4 is 5.91 Å². The Bertz CT molecular complexity index is 479. The van der Waals surface area contributed by atoms with E-state index in [1.54, 1.807) is 6.92 Å². The van der Waals surface area contributed by atoms with Crippen LogP contribution in [-0.2, 0) is 19.0 Å². The van der Waals surface area contributed by atoms with Gasteiger partial charge in [-0.2, -0.15) is 0 Å². The third-order valence-corrected chi connectivity index (χ3v) is 4.64. The maximum absolute atomic E-state index is 11.4. The lowest BCUT2D eigenvalue weighted by molar-refractivity contribution is -0.320. The van der Waals surface area contributed by atoms with Crippen LogP contribution in [0.5, 0.6) is 0 Å². The van der Waals surface area contributed by atoms with Crippen LogP contribution in [-0.4, -0.2) is 111 Å². The van der Waals surface area contributed by atoms with Crippen molar-refractivity contribution < 1.29 is 49.6 Å². The Morgan fingerprint density at radius 3 is 2.04 bits per heavy atom. The molecule has 26 heavy (non-hydrogen) atoms. The van der Waals surface area contributed by atoms with Gasteiger partial charge in [-0.1, -0.05) is 0 Å². The minimum Gasteiger partial charge on any atom is -0.394 e. The normalized spacial score (nSPS) is 46.8. The van der Waals surface area contributed by atoms with Crippen molar-refractivity contribution in [3.05, 3.63) is 0 Å². The van der Waals surface area contributed by atoms with E-state index >= 15 is 0 Å². The third kappa shape index (κ3) is 4.32. The number of hydrogen-bond donors (Lipinski definition) is 7. The molecule has 0 bridgehead atoms. The lowest BCUT2D eigenvalue weighted by Crippen LogP contribution is -2.67. The van der Waals surface area contributed by atoms with Gasteiger partial charge in [0.25, 0.3) is 0 Å². The molecular weight excluding hydrogens is 354 g/mol. The number of carbonyl (C=O) groups is 1. The first-order valence-corrected chi connectivity index (χ1v) is 8.38. The number of amides is 1. The monoisotopic (exact) mass is 381 g/mol. The van der Waals surface area contributed by atoms with Gasteiger partial charge in [0.1, 0.15) is 48.8 Å². The number of carbonyl (C=O) groups excluding carboxylic acids is 1. The van der Waals surface area contributed by atoms with Crippen molar-refractivity contribution in [2.45, 2.75) is 75.0 Å². The molecule has 2 aliphatic rings. The first kappa shape index (κ1) is 21.4. The number of aliphatic hydroxyl groups is 6. The van der Waals surface area contributed by atoms with Crippen LogP contribution in [0.2, 0.25) is 0 Å². The zero-order valence-corrected chi connectivity index (χ0v) is 14.5. The van der Waals surface area contributed by atoms with Gasteiger partial charge < -0.3 is 50.2 Å². The van der Waals surface area contributed by atoms with Crippen LogP contribution in [0.25, 0.3) is 0 Å². The predicted octanol–water partition coefficient (Wildman–Crippen LogP) is -4.18. The Kier molecular flexibility index (Phi) is 7.30. The molecule has 0 aromatic carbocycles. The lowest BCUT2D eigenvalue weighted by Gasteiger charge is -2.46. The van der Waals surface area contributed by atoms with Gasteiger partial charge in [-0.15, -0.1) is 0 Å². The number of aliphatic hydroxyl groups excluding tert-OH is 6. The quantitative estimate of drug-likeness (QED) is 0.247. The van der Waals surface area contributed by atoms with E-state index in [-0.39, 0.29) is 0 Å². The first-order valence-electron chi connectivity index (χ1n) is 8.38. The summed E-state index contributed by atoms with van der Waals surface area (Å²) < 4.78 is 16.5. The standard InChI is InChI=1S/C15H27NO10/c1-5-14(13(23)11(21)7(3-17)24-5)26-15-9(16-6(2)19)12(22)10(20)8(4-18)25-15/h5,7-15,17-18,20-23H,3-4H2,1-2H3,(H,16,19)/t5-,7?,8+,9?,10-,11-,12?,13?,14+,15+/m1/s1. The number of hydrogen-bond acceptors (Lipinski definition) is 10. The van der Waals surface area contributed by atoms with E-state index in [0.29, 0.717) is 0 Å². The molecule has 2 heterocycles. The highest BCUT2D eigenvalue weighted by atomic mass is 16.7. The van der Waals surface area contributed by atoms with E-state index in [0.717, 1.165) is 0 Å². The summed E-state index contributed by atoms with van der Waals surface area (Å²) in [5.74, 6) is -0.519. The Balaban J connectivity index is 2.18. The van der Waals surface area contributed by atoms with Crippen molar-refractivity contribution in [3.63, 3.8) is 0 Å². The smallest absolute Gasteiger partial charge is 0.217 e. The van der Waals surface area contributed by atoms with E-state index in [2.05, 4.69) is 5.32 Å². The van der Waals surface area contributed by atoms with Gasteiger partial charge in [0.05, 0.1) is 19.3 Å². The van der Waals surface area contributed by atoms with E-state index in [9.17, 15) is 35.4 Å². The summed E-state index contributed by atoms with van der Waals surface area (Å²) in [5.41, 5.74) is 0. The van der Waals surface area contributed by atoms with Crippen molar-refractivity contribution in [1.29, 1.82) is 0 Å². The summed E-state index contributed by atoms with van der Waals surface area (Å²) in [6.07, 6.45) is -11.2. The molecule has 2 rings (SSSR count). The molecule has 0 spiro atoms. The Hall–Kier alpha value is -0.890. The zero-order valence-electron chi connectivity index (χ0n) is 14.5. The van der Waals surface area contributed by atoms with Crippen LogP contribution in [0.15, 0.2) is 0 Å². The molecule has 10 atom stereocenters. The molecule has 2 saturated heterocycles. The lowest BCUT2D eigenvalue weighted by atomic mass is 9.94. The van der Waals surface area contributed by atoms with Crippen LogP contribution in [0, 0.1) is 0 Å². The van der Waals surface area contributed by atoms with E-state index in [1.807, 2.05) is 0 Å². The molecule has 11 heteroatoms. The van der Waals surface area contributed by atoms with Crippen LogP contribution in [0.4, 0.5) is 0 Å². The number of nitrogens with one attached hydrogen (secondary N) is 1. The molecule has 152 valence electrons. The molecule has 0 radical (unpaired) electrons. The first-order chi connectivity index (χ1) is 12.2. The fraction of sp³-hybridized carbons (Fsp3) is 0.933. The van der Waals surface area contributed by atoms with Gasteiger partial charge in [-0.25, -0.2) is 0 Å². The average molecular weight is 381 g/mol. The molecule has 7 N–H and O–H groups in total. The van der Waals surface area contributed by atoms with E-state index in [4.69, 9.17) is 14.2 Å². The highest BCUT2D eigenvalue weighted by Crippen LogP contribution is 2.29. The van der Waals surface area contributed by atoms with E-state index in [1.165, 1.54) is 6.92 Å². The summed E-state index contributed by atoms with van der Waals surface area (Å²) in [6, 6.07) is -1.18. The predicted molar refractivity (Wildman–Crippen MR) is 83.7 cm³/mol. The second-order valence-electron chi connectivity index (χ2n) is 6.58. The largest absolute Gasteiger partial charge is 0.394 e. The van der Waals surface area contributed by atoms with Crippen molar-refractivity contribution in [1.82, 2.24) is 5.32 Å². The second-order valence-corrected chi connectivity index (χ2v) is 6.58. The zero-order chi connectivity index (χ0) is 19.6. The topological polar surface area (TPSA) is 178 Å². The summed E-state index contributed by atoms with van der Waals surface area (Å²) in [6.45, 7) is 1.64. The van der Waals surface area contributed by atoms with Crippen LogP contribution < -0.4 is 5.32 Å². The van der Waals surface area contributed by atoms with Crippen molar-refractivity contribution in [2.75, 3.05) is 13.2 Å². The van der Waals surface area contributed by atoms with E-state index < -0.39 is 80.3 Å². The SMILES string of the molecule is CC(=O)NC1C(O)[C@H](O)[C@H](CO)O[C@H]1O[C@@H]1C(O)[C@H](O)C(CO)O[C@@H]1C. The minimum atomic E-state index is -1.50. The van der Waals surface area contributed by atoms with Crippen molar-refractivity contribution in [2.24, 2.45) is 0 Å². The van der Waals surface area contributed by atoms with Crippen LogP contribution in [0.3, 0.4) is 0 Å². The summed E-state index contributed by atoms with van der Waals surface area (Å²) >= 11 is 0. The molecule has 1 amide bonds. The minimum absolute atomic E-state index is 0.499. The molecular formula is C15H27NO10. The molecule has 0 aromatic heterocycles. The van der Waals surface area contributed by atoms with Gasteiger partial charge in [-0.05, 0) is 6.92 Å². The third-order valence-electron chi connectivity index (χ3n) is 4.64. The summed E-state index contributed by atoms with van der Waals surface area (Å²) in [4.78, 5) is 11.4. The molecule has 2 aliphatic heterocycles. The fourth-order valence-corrected chi connectivity index (χ4v) is 3.21. The van der Waals surface area contributed by atoms with Gasteiger partial charge in [0.15, 0.2) is 6.29 Å². The van der Waals surface area contributed by atoms with Crippen molar-refractivity contribution in [3.8, 4) is 0 Å². The molecule has 0 aromatic rings. The summed E-state index contributed by atoms with van der Waals surface area (Å²) in [7, 11) is 0. The highest BCUT2D eigenvalue weighted by molar-refractivity contribution is 5.73. The van der Waals surface area contributed by atoms with Gasteiger partial charge in [-0.3, -0.25) is 4.79 Å². The second kappa shape index (κ2) is 8.87. The molecule has 4 unspecified atom stereocenters. The number of rotatable bonds is 5. The van der Waals surface area contributed by atoms with Crippen LogP contribution in [0.1, 0.15) is 13.8 Å². The molecule has 2 fully saturated rings. The Labute approximate surface area is 150 Å². The summed E-state index contributed by atoms with van der Waals surface area (Å²) in [5, 5.41) is 61.4. The highest BCUT2D eigenvalue weighted by Gasteiger charge is 2.50.